The fraction of sp³-hybridized carbons (Fsp3) is 0.333. The summed E-state index contributed by atoms with van der Waals surface area (Å²) in [5, 5.41) is 1.36. The zero-order valence-corrected chi connectivity index (χ0v) is 8.06. The van der Waals surface area contributed by atoms with Crippen molar-refractivity contribution < 1.29 is 4.74 Å². The lowest BCUT2D eigenvalue weighted by Gasteiger charge is -1.99. The molecule has 3 heteroatoms. The Kier molecular flexibility index (Phi) is 2.03. The molecule has 2 rings (SSSR count). The number of epoxide rings is 1. The zero-order valence-electron chi connectivity index (χ0n) is 6.55. The second-order valence-electron chi connectivity index (χ2n) is 2.93. The largest absolute Gasteiger partial charge is 0.365 e. The van der Waals surface area contributed by atoms with Gasteiger partial charge < -0.3 is 4.74 Å². The molecule has 1 aliphatic heterocycles. The maximum atomic E-state index is 5.97. The third kappa shape index (κ3) is 1.45. The first-order valence-electron chi connectivity index (χ1n) is 3.79. The molecule has 64 valence electrons. The van der Waals surface area contributed by atoms with Gasteiger partial charge in [0.2, 0.25) is 0 Å². The quantitative estimate of drug-likeness (QED) is 0.636. The van der Waals surface area contributed by atoms with Gasteiger partial charge in [-0.1, -0.05) is 29.3 Å². The van der Waals surface area contributed by atoms with Crippen molar-refractivity contribution in [1.29, 1.82) is 0 Å². The van der Waals surface area contributed by atoms with Gasteiger partial charge in [-0.05, 0) is 19.1 Å². The summed E-state index contributed by atoms with van der Waals surface area (Å²) >= 11 is 11.7. The van der Waals surface area contributed by atoms with Crippen LogP contribution in [0.25, 0.3) is 0 Å². The summed E-state index contributed by atoms with van der Waals surface area (Å²) in [6.45, 7) is 2.02. The fourth-order valence-corrected chi connectivity index (χ4v) is 1.76. The van der Waals surface area contributed by atoms with Crippen LogP contribution >= 0.6 is 23.2 Å². The average molecular weight is 203 g/mol. The van der Waals surface area contributed by atoms with Crippen LogP contribution in [0.5, 0.6) is 0 Å². The van der Waals surface area contributed by atoms with Crippen LogP contribution in [0.1, 0.15) is 18.6 Å². The van der Waals surface area contributed by atoms with Gasteiger partial charge in [-0.25, -0.2) is 0 Å². The summed E-state index contributed by atoms with van der Waals surface area (Å²) in [5.74, 6) is 0. The van der Waals surface area contributed by atoms with E-state index in [1.165, 1.54) is 0 Å². The van der Waals surface area contributed by atoms with Crippen LogP contribution < -0.4 is 0 Å². The highest BCUT2D eigenvalue weighted by Gasteiger charge is 2.36. The van der Waals surface area contributed by atoms with Crippen molar-refractivity contribution in [3.63, 3.8) is 0 Å². The summed E-state index contributed by atoms with van der Waals surface area (Å²) in [7, 11) is 0. The Bertz CT molecular complexity index is 311. The van der Waals surface area contributed by atoms with Crippen LogP contribution in [0.3, 0.4) is 0 Å². The van der Waals surface area contributed by atoms with Crippen molar-refractivity contribution in [3.8, 4) is 0 Å². The van der Waals surface area contributed by atoms with E-state index in [1.54, 1.807) is 6.07 Å². The second-order valence-corrected chi connectivity index (χ2v) is 3.77. The molecule has 2 unspecified atom stereocenters. The molecule has 0 amide bonds. The highest BCUT2D eigenvalue weighted by molar-refractivity contribution is 6.35. The highest BCUT2D eigenvalue weighted by Crippen LogP contribution is 2.41. The molecule has 0 aliphatic carbocycles. The first-order chi connectivity index (χ1) is 5.68. The average Bonchev–Trinajstić information content (AvgIpc) is 2.66. The molecule has 0 bridgehead atoms. The van der Waals surface area contributed by atoms with Gasteiger partial charge in [-0.15, -0.1) is 0 Å². The minimum atomic E-state index is 0.176. The smallest absolute Gasteiger partial charge is 0.110 e. The van der Waals surface area contributed by atoms with Gasteiger partial charge in [0.15, 0.2) is 0 Å². The maximum absolute atomic E-state index is 5.97. The highest BCUT2D eigenvalue weighted by atomic mass is 35.5. The molecule has 0 radical (unpaired) electrons. The standard InChI is InChI=1S/C9H8Cl2O/c1-5-9(12-5)7-3-2-6(10)4-8(7)11/h2-5,9H,1H3. The van der Waals surface area contributed by atoms with E-state index >= 15 is 0 Å². The molecular weight excluding hydrogens is 195 g/mol. The minimum Gasteiger partial charge on any atom is -0.365 e. The van der Waals surface area contributed by atoms with E-state index in [4.69, 9.17) is 27.9 Å². The Morgan fingerprint density at radius 2 is 2.00 bits per heavy atom. The van der Waals surface area contributed by atoms with E-state index in [-0.39, 0.29) is 6.10 Å². The number of benzene rings is 1. The summed E-state index contributed by atoms with van der Waals surface area (Å²) < 4.78 is 5.30. The lowest BCUT2D eigenvalue weighted by Crippen LogP contribution is -1.84. The van der Waals surface area contributed by atoms with Crippen LogP contribution in [-0.4, -0.2) is 6.10 Å². The SMILES string of the molecule is CC1OC1c1ccc(Cl)cc1Cl. The molecule has 0 saturated carbocycles. The number of hydrogen-bond donors (Lipinski definition) is 0. The molecule has 0 spiro atoms. The van der Waals surface area contributed by atoms with Crippen molar-refractivity contribution in [1.82, 2.24) is 0 Å². The molecule has 1 fully saturated rings. The second kappa shape index (κ2) is 2.91. The number of hydrogen-bond acceptors (Lipinski definition) is 1. The Morgan fingerprint density at radius 3 is 2.50 bits per heavy atom. The van der Waals surface area contributed by atoms with E-state index in [9.17, 15) is 0 Å². The molecule has 12 heavy (non-hydrogen) atoms. The first-order valence-corrected chi connectivity index (χ1v) is 4.54. The van der Waals surface area contributed by atoms with Crippen molar-refractivity contribution in [2.45, 2.75) is 19.1 Å². The molecule has 0 aromatic heterocycles. The van der Waals surface area contributed by atoms with Gasteiger partial charge in [0.25, 0.3) is 0 Å². The molecule has 0 N–H and O–H groups in total. The van der Waals surface area contributed by atoms with Crippen LogP contribution in [0, 0.1) is 0 Å². The summed E-state index contributed by atoms with van der Waals surface area (Å²) in [5.41, 5.74) is 1.04. The normalized spacial score (nSPS) is 27.2. The first kappa shape index (κ1) is 8.36. The monoisotopic (exact) mass is 202 g/mol. The molecular formula is C9H8Cl2O. The lowest BCUT2D eigenvalue weighted by atomic mass is 10.1. The van der Waals surface area contributed by atoms with Crippen molar-refractivity contribution in [3.05, 3.63) is 33.8 Å². The van der Waals surface area contributed by atoms with Gasteiger partial charge in [0, 0.05) is 15.6 Å². The number of ether oxygens (including phenoxy) is 1. The van der Waals surface area contributed by atoms with Crippen molar-refractivity contribution in [2.24, 2.45) is 0 Å². The molecule has 1 nitrogen and oxygen atoms in total. The number of rotatable bonds is 1. The molecule has 1 heterocycles. The predicted molar refractivity (Wildman–Crippen MR) is 49.8 cm³/mol. The van der Waals surface area contributed by atoms with Gasteiger partial charge in [0.1, 0.15) is 6.10 Å². The zero-order chi connectivity index (χ0) is 8.72. The molecule has 2 atom stereocenters. The predicted octanol–water partition coefficient (Wildman–Crippen LogP) is 3.45. The Hall–Kier alpha value is -0.240. The van der Waals surface area contributed by atoms with Gasteiger partial charge >= 0.3 is 0 Å². The van der Waals surface area contributed by atoms with E-state index in [1.807, 2.05) is 19.1 Å². The van der Waals surface area contributed by atoms with E-state index < -0.39 is 0 Å². The van der Waals surface area contributed by atoms with E-state index in [0.717, 1.165) is 5.56 Å². The van der Waals surface area contributed by atoms with Crippen molar-refractivity contribution >= 4 is 23.2 Å². The summed E-state index contributed by atoms with van der Waals surface area (Å²) in [6.07, 6.45) is 0.471. The summed E-state index contributed by atoms with van der Waals surface area (Å²) in [6, 6.07) is 5.49. The minimum absolute atomic E-state index is 0.176. The van der Waals surface area contributed by atoms with Crippen LogP contribution in [0.2, 0.25) is 10.0 Å². The van der Waals surface area contributed by atoms with Crippen LogP contribution in [0.15, 0.2) is 18.2 Å². The third-order valence-electron chi connectivity index (χ3n) is 1.98. The topological polar surface area (TPSA) is 12.5 Å². The maximum Gasteiger partial charge on any atom is 0.110 e. The van der Waals surface area contributed by atoms with Crippen LogP contribution in [0.4, 0.5) is 0 Å². The summed E-state index contributed by atoms with van der Waals surface area (Å²) in [4.78, 5) is 0. The van der Waals surface area contributed by atoms with Crippen molar-refractivity contribution in [2.75, 3.05) is 0 Å². The third-order valence-corrected chi connectivity index (χ3v) is 2.54. The number of halogens is 2. The van der Waals surface area contributed by atoms with E-state index in [0.29, 0.717) is 16.1 Å². The Morgan fingerprint density at radius 1 is 1.33 bits per heavy atom. The van der Waals surface area contributed by atoms with E-state index in [2.05, 4.69) is 0 Å². The Labute approximate surface area is 81.2 Å². The fourth-order valence-electron chi connectivity index (χ4n) is 1.24. The molecule has 1 saturated heterocycles. The van der Waals surface area contributed by atoms with Gasteiger partial charge in [0.05, 0.1) is 6.10 Å². The lowest BCUT2D eigenvalue weighted by molar-refractivity contribution is 0.383. The van der Waals surface area contributed by atoms with Gasteiger partial charge in [-0.3, -0.25) is 0 Å². The van der Waals surface area contributed by atoms with Crippen LogP contribution in [-0.2, 0) is 4.74 Å². The molecule has 1 aromatic rings. The molecule has 1 aliphatic rings. The van der Waals surface area contributed by atoms with Gasteiger partial charge in [-0.2, -0.15) is 0 Å². The molecule has 1 aromatic carbocycles. The Balaban J connectivity index is 2.33.